The number of carbonyl (C=O) groups excluding carboxylic acids is 1. The Hall–Kier alpha value is -1.95. The van der Waals surface area contributed by atoms with Gasteiger partial charge >= 0.3 is 0 Å². The summed E-state index contributed by atoms with van der Waals surface area (Å²) in [7, 11) is 0. The molecule has 6 heteroatoms. The van der Waals surface area contributed by atoms with Crippen LogP contribution in [0.15, 0.2) is 24.3 Å². The van der Waals surface area contributed by atoms with Crippen LogP contribution in [0.3, 0.4) is 0 Å². The molecule has 0 aliphatic heterocycles. The molecular formula is C16H21N3O2S. The molecule has 0 unspecified atom stereocenters. The van der Waals surface area contributed by atoms with Gasteiger partial charge in [-0.2, -0.15) is 0 Å². The number of rotatable bonds is 7. The van der Waals surface area contributed by atoms with E-state index in [1.807, 2.05) is 0 Å². The van der Waals surface area contributed by atoms with Crippen molar-refractivity contribution < 1.29 is 9.53 Å². The van der Waals surface area contributed by atoms with Gasteiger partial charge in [-0.3, -0.25) is 10.1 Å². The first-order valence-electron chi connectivity index (χ1n) is 7.45. The monoisotopic (exact) mass is 319 g/mol. The molecule has 0 saturated heterocycles. The number of aromatic nitrogens is 2. The maximum atomic E-state index is 12.2. The van der Waals surface area contributed by atoms with Gasteiger partial charge in [0, 0.05) is 12.0 Å². The van der Waals surface area contributed by atoms with Crippen molar-refractivity contribution in [3.8, 4) is 5.75 Å². The smallest absolute Gasteiger partial charge is 0.257 e. The highest BCUT2D eigenvalue weighted by atomic mass is 32.1. The number of benzene rings is 1. The molecule has 1 aromatic carbocycles. The van der Waals surface area contributed by atoms with Crippen molar-refractivity contribution in [3.05, 3.63) is 34.8 Å². The minimum Gasteiger partial charge on any atom is -0.494 e. The van der Waals surface area contributed by atoms with E-state index in [0.717, 1.165) is 23.6 Å². The minimum absolute atomic E-state index is 0.186. The lowest BCUT2D eigenvalue weighted by molar-refractivity contribution is 0.102. The summed E-state index contributed by atoms with van der Waals surface area (Å²) in [6.07, 6.45) is 1.83. The average molecular weight is 319 g/mol. The van der Waals surface area contributed by atoms with Gasteiger partial charge in [0.15, 0.2) is 0 Å². The van der Waals surface area contributed by atoms with Crippen LogP contribution in [0.5, 0.6) is 5.75 Å². The predicted molar refractivity (Wildman–Crippen MR) is 88.6 cm³/mol. The average Bonchev–Trinajstić information content (AvgIpc) is 2.91. The normalized spacial score (nSPS) is 10.7. The number of hydrogen-bond donors (Lipinski definition) is 1. The molecule has 1 amide bonds. The van der Waals surface area contributed by atoms with Crippen LogP contribution in [-0.2, 0) is 6.42 Å². The van der Waals surface area contributed by atoms with E-state index in [4.69, 9.17) is 4.74 Å². The zero-order valence-corrected chi connectivity index (χ0v) is 13.9. The van der Waals surface area contributed by atoms with Crippen LogP contribution < -0.4 is 10.1 Å². The third-order valence-electron chi connectivity index (χ3n) is 2.86. The number of nitrogens with zero attached hydrogens (tertiary/aromatic N) is 2. The fourth-order valence-corrected chi connectivity index (χ4v) is 2.77. The molecule has 0 fully saturated rings. The van der Waals surface area contributed by atoms with Crippen molar-refractivity contribution >= 4 is 22.4 Å². The second-order valence-corrected chi connectivity index (χ2v) is 6.49. The summed E-state index contributed by atoms with van der Waals surface area (Å²) in [5.74, 6) is 1.11. The van der Waals surface area contributed by atoms with Crippen molar-refractivity contribution in [3.63, 3.8) is 0 Å². The zero-order valence-electron chi connectivity index (χ0n) is 13.1. The van der Waals surface area contributed by atoms with Gasteiger partial charge in [-0.15, -0.1) is 10.2 Å². The Labute approximate surface area is 134 Å². The minimum atomic E-state index is -0.186. The highest BCUT2D eigenvalue weighted by Gasteiger charge is 2.11. The Kier molecular flexibility index (Phi) is 5.89. The van der Waals surface area contributed by atoms with Crippen molar-refractivity contribution in [1.29, 1.82) is 0 Å². The van der Waals surface area contributed by atoms with E-state index < -0.39 is 0 Å². The predicted octanol–water partition coefficient (Wildman–Crippen LogP) is 3.78. The number of ether oxygens (including phenoxy) is 1. The van der Waals surface area contributed by atoms with Gasteiger partial charge in [0.2, 0.25) is 5.13 Å². The molecule has 1 aromatic heterocycles. The first-order chi connectivity index (χ1) is 10.6. The van der Waals surface area contributed by atoms with E-state index in [2.05, 4.69) is 36.3 Å². The van der Waals surface area contributed by atoms with Gasteiger partial charge in [-0.1, -0.05) is 32.1 Å². The fraction of sp³-hybridized carbons (Fsp3) is 0.438. The van der Waals surface area contributed by atoms with Crippen LogP contribution in [-0.4, -0.2) is 22.7 Å². The topological polar surface area (TPSA) is 64.1 Å². The Bertz CT molecular complexity index is 608. The van der Waals surface area contributed by atoms with Crippen LogP contribution in [0.25, 0.3) is 0 Å². The Morgan fingerprint density at radius 2 is 2.00 bits per heavy atom. The van der Waals surface area contributed by atoms with Crippen LogP contribution >= 0.6 is 11.3 Å². The molecule has 2 rings (SSSR count). The summed E-state index contributed by atoms with van der Waals surface area (Å²) in [6, 6.07) is 7.09. The Balaban J connectivity index is 1.95. The first-order valence-corrected chi connectivity index (χ1v) is 8.26. The second-order valence-electron chi connectivity index (χ2n) is 5.43. The van der Waals surface area contributed by atoms with Gasteiger partial charge in [-0.05, 0) is 36.6 Å². The molecule has 0 atom stereocenters. The number of carbonyl (C=O) groups is 1. The van der Waals surface area contributed by atoms with E-state index in [-0.39, 0.29) is 5.91 Å². The SMILES string of the molecule is CCCOc1ccc(C(=O)Nc2nnc(CC(C)C)s2)cc1. The molecule has 0 saturated carbocycles. The van der Waals surface area contributed by atoms with Gasteiger partial charge in [0.25, 0.3) is 5.91 Å². The zero-order chi connectivity index (χ0) is 15.9. The molecule has 0 radical (unpaired) electrons. The first kappa shape index (κ1) is 16.4. The van der Waals surface area contributed by atoms with E-state index in [9.17, 15) is 4.79 Å². The van der Waals surface area contributed by atoms with Gasteiger partial charge in [-0.25, -0.2) is 0 Å². The standard InChI is InChI=1S/C16H21N3O2S/c1-4-9-21-13-7-5-12(6-8-13)15(20)17-16-19-18-14(22-16)10-11(2)3/h5-8,11H,4,9-10H2,1-3H3,(H,17,19,20). The molecular weight excluding hydrogens is 298 g/mol. The molecule has 22 heavy (non-hydrogen) atoms. The molecule has 0 aliphatic rings. The maximum Gasteiger partial charge on any atom is 0.257 e. The van der Waals surface area contributed by atoms with E-state index in [1.165, 1.54) is 11.3 Å². The van der Waals surface area contributed by atoms with Crippen LogP contribution in [0.4, 0.5) is 5.13 Å². The Morgan fingerprint density at radius 1 is 1.27 bits per heavy atom. The fourth-order valence-electron chi connectivity index (χ4n) is 1.83. The highest BCUT2D eigenvalue weighted by molar-refractivity contribution is 7.15. The summed E-state index contributed by atoms with van der Waals surface area (Å²) in [6.45, 7) is 6.98. The van der Waals surface area contributed by atoms with Gasteiger partial charge in [0.1, 0.15) is 10.8 Å². The van der Waals surface area contributed by atoms with Crippen LogP contribution in [0, 0.1) is 5.92 Å². The molecule has 5 nitrogen and oxygen atoms in total. The molecule has 118 valence electrons. The molecule has 2 aromatic rings. The molecule has 1 N–H and O–H groups in total. The summed E-state index contributed by atoms with van der Waals surface area (Å²) in [4.78, 5) is 12.2. The quantitative estimate of drug-likeness (QED) is 0.843. The number of nitrogens with one attached hydrogen (secondary N) is 1. The second kappa shape index (κ2) is 7.89. The highest BCUT2D eigenvalue weighted by Crippen LogP contribution is 2.19. The van der Waals surface area contributed by atoms with Crippen molar-refractivity contribution in [1.82, 2.24) is 10.2 Å². The summed E-state index contributed by atoms with van der Waals surface area (Å²) >= 11 is 1.42. The van der Waals surface area contributed by atoms with E-state index in [1.54, 1.807) is 24.3 Å². The molecule has 1 heterocycles. The summed E-state index contributed by atoms with van der Waals surface area (Å²) in [5.41, 5.74) is 0.574. The van der Waals surface area contributed by atoms with Crippen LogP contribution in [0.1, 0.15) is 42.6 Å². The lowest BCUT2D eigenvalue weighted by atomic mass is 10.1. The van der Waals surface area contributed by atoms with Crippen molar-refractivity contribution in [2.45, 2.75) is 33.6 Å². The Morgan fingerprint density at radius 3 is 2.64 bits per heavy atom. The molecule has 0 spiro atoms. The van der Waals surface area contributed by atoms with Crippen molar-refractivity contribution in [2.24, 2.45) is 5.92 Å². The molecule has 0 aliphatic carbocycles. The van der Waals surface area contributed by atoms with Crippen molar-refractivity contribution in [2.75, 3.05) is 11.9 Å². The number of anilines is 1. The largest absolute Gasteiger partial charge is 0.494 e. The van der Waals surface area contributed by atoms with E-state index in [0.29, 0.717) is 23.2 Å². The third kappa shape index (κ3) is 4.80. The van der Waals surface area contributed by atoms with E-state index >= 15 is 0 Å². The van der Waals surface area contributed by atoms with Gasteiger partial charge < -0.3 is 4.74 Å². The number of hydrogen-bond acceptors (Lipinski definition) is 5. The lowest BCUT2D eigenvalue weighted by Crippen LogP contribution is -2.11. The van der Waals surface area contributed by atoms with Gasteiger partial charge in [0.05, 0.1) is 6.61 Å². The number of amides is 1. The third-order valence-corrected chi connectivity index (χ3v) is 3.72. The summed E-state index contributed by atoms with van der Waals surface area (Å²) in [5, 5.41) is 12.3. The van der Waals surface area contributed by atoms with Crippen LogP contribution in [0.2, 0.25) is 0 Å². The molecule has 0 bridgehead atoms. The summed E-state index contributed by atoms with van der Waals surface area (Å²) < 4.78 is 5.50. The lowest BCUT2D eigenvalue weighted by Gasteiger charge is -2.05. The maximum absolute atomic E-state index is 12.2.